The quantitative estimate of drug-likeness (QED) is 0.802. The Labute approximate surface area is 118 Å². The Kier molecular flexibility index (Phi) is 6.31. The Hall–Kier alpha value is -0.570. The average molecular weight is 269 g/mol. The van der Waals surface area contributed by atoms with Gasteiger partial charge in [-0.1, -0.05) is 41.0 Å². The van der Waals surface area contributed by atoms with Crippen LogP contribution in [0.25, 0.3) is 0 Å². The van der Waals surface area contributed by atoms with Gasteiger partial charge in [0.1, 0.15) is 0 Å². The van der Waals surface area contributed by atoms with E-state index in [-0.39, 0.29) is 6.54 Å². The molecule has 3 unspecified atom stereocenters. The van der Waals surface area contributed by atoms with E-state index in [0.29, 0.717) is 23.8 Å². The molecular formula is C16H31NO2. The molecule has 0 aliphatic heterocycles. The van der Waals surface area contributed by atoms with Gasteiger partial charge in [0.2, 0.25) is 0 Å². The number of nitrogens with zero attached hydrogens (tertiary/aromatic N) is 1. The van der Waals surface area contributed by atoms with Crippen molar-refractivity contribution in [3.63, 3.8) is 0 Å². The Balaban J connectivity index is 2.83. The van der Waals surface area contributed by atoms with Gasteiger partial charge < -0.3 is 5.11 Å². The van der Waals surface area contributed by atoms with Gasteiger partial charge in [0.25, 0.3) is 0 Å². The van der Waals surface area contributed by atoms with Crippen molar-refractivity contribution < 1.29 is 9.90 Å². The van der Waals surface area contributed by atoms with Gasteiger partial charge in [0.15, 0.2) is 0 Å². The van der Waals surface area contributed by atoms with Gasteiger partial charge in [0, 0.05) is 12.6 Å². The second-order valence-corrected chi connectivity index (χ2v) is 7.11. The van der Waals surface area contributed by atoms with Crippen LogP contribution in [0.15, 0.2) is 0 Å². The summed E-state index contributed by atoms with van der Waals surface area (Å²) in [5, 5.41) is 9.18. The van der Waals surface area contributed by atoms with E-state index in [1.807, 2.05) is 0 Å². The molecule has 19 heavy (non-hydrogen) atoms. The summed E-state index contributed by atoms with van der Waals surface area (Å²) in [7, 11) is 0. The molecule has 0 bridgehead atoms. The highest BCUT2D eigenvalue weighted by Crippen LogP contribution is 2.36. The van der Waals surface area contributed by atoms with E-state index in [1.54, 1.807) is 0 Å². The van der Waals surface area contributed by atoms with Crippen LogP contribution in [0, 0.1) is 23.7 Å². The van der Waals surface area contributed by atoms with Crippen LogP contribution in [0.2, 0.25) is 0 Å². The minimum Gasteiger partial charge on any atom is -0.480 e. The highest BCUT2D eigenvalue weighted by Gasteiger charge is 2.35. The largest absolute Gasteiger partial charge is 0.480 e. The summed E-state index contributed by atoms with van der Waals surface area (Å²) in [6.07, 6.45) is 3.70. The summed E-state index contributed by atoms with van der Waals surface area (Å²) < 4.78 is 0. The first-order chi connectivity index (χ1) is 8.81. The Morgan fingerprint density at radius 2 is 1.89 bits per heavy atom. The number of aliphatic carboxylic acids is 1. The molecule has 0 saturated heterocycles. The van der Waals surface area contributed by atoms with Crippen molar-refractivity contribution in [2.24, 2.45) is 23.7 Å². The molecular weight excluding hydrogens is 238 g/mol. The smallest absolute Gasteiger partial charge is 0.317 e. The predicted molar refractivity (Wildman–Crippen MR) is 79.2 cm³/mol. The van der Waals surface area contributed by atoms with Crippen molar-refractivity contribution in [3.8, 4) is 0 Å². The monoisotopic (exact) mass is 269 g/mol. The molecule has 3 heteroatoms. The Morgan fingerprint density at radius 1 is 1.26 bits per heavy atom. The lowest BCUT2D eigenvalue weighted by atomic mass is 9.73. The fourth-order valence-electron chi connectivity index (χ4n) is 3.53. The van der Waals surface area contributed by atoms with Crippen LogP contribution >= 0.6 is 0 Å². The van der Waals surface area contributed by atoms with Crippen molar-refractivity contribution in [1.29, 1.82) is 0 Å². The lowest BCUT2D eigenvalue weighted by molar-refractivity contribution is -0.140. The van der Waals surface area contributed by atoms with Crippen LogP contribution in [0.1, 0.15) is 53.9 Å². The van der Waals surface area contributed by atoms with Crippen LogP contribution in [-0.2, 0) is 4.79 Å². The Morgan fingerprint density at radius 3 is 2.37 bits per heavy atom. The lowest BCUT2D eigenvalue weighted by Crippen LogP contribution is -2.49. The molecule has 1 saturated carbocycles. The Bertz CT molecular complexity index is 288. The maximum atomic E-state index is 11.2. The van der Waals surface area contributed by atoms with E-state index in [9.17, 15) is 9.90 Å². The molecule has 0 aromatic carbocycles. The summed E-state index contributed by atoms with van der Waals surface area (Å²) in [5.41, 5.74) is 0. The summed E-state index contributed by atoms with van der Waals surface area (Å²) >= 11 is 0. The fraction of sp³-hybridized carbons (Fsp3) is 0.938. The molecule has 0 aromatic rings. The van der Waals surface area contributed by atoms with Gasteiger partial charge in [-0.2, -0.15) is 0 Å². The van der Waals surface area contributed by atoms with Crippen molar-refractivity contribution in [1.82, 2.24) is 4.90 Å². The van der Waals surface area contributed by atoms with Crippen molar-refractivity contribution in [3.05, 3.63) is 0 Å². The van der Waals surface area contributed by atoms with Gasteiger partial charge in [-0.05, 0) is 36.5 Å². The molecule has 1 aliphatic rings. The zero-order chi connectivity index (χ0) is 14.6. The summed E-state index contributed by atoms with van der Waals surface area (Å²) in [5.74, 6) is 1.84. The maximum absolute atomic E-state index is 11.2. The average Bonchev–Trinajstić information content (AvgIpc) is 2.26. The number of hydrogen-bond donors (Lipinski definition) is 1. The topological polar surface area (TPSA) is 40.5 Å². The molecule has 1 aliphatic carbocycles. The van der Waals surface area contributed by atoms with Crippen molar-refractivity contribution >= 4 is 5.97 Å². The minimum atomic E-state index is -0.693. The van der Waals surface area contributed by atoms with Crippen molar-refractivity contribution in [2.45, 2.75) is 59.9 Å². The molecule has 0 radical (unpaired) electrons. The number of rotatable bonds is 6. The zero-order valence-corrected chi connectivity index (χ0v) is 13.2. The first kappa shape index (κ1) is 16.5. The van der Waals surface area contributed by atoms with Crippen molar-refractivity contribution in [2.75, 3.05) is 13.1 Å². The minimum absolute atomic E-state index is 0.193. The maximum Gasteiger partial charge on any atom is 0.317 e. The van der Waals surface area contributed by atoms with Gasteiger partial charge in [-0.15, -0.1) is 0 Å². The van der Waals surface area contributed by atoms with Gasteiger partial charge in [-0.25, -0.2) is 0 Å². The fourth-order valence-corrected chi connectivity index (χ4v) is 3.53. The molecule has 0 spiro atoms. The van der Waals surface area contributed by atoms with Crippen LogP contribution in [0.5, 0.6) is 0 Å². The normalized spacial score (nSPS) is 28.3. The summed E-state index contributed by atoms with van der Waals surface area (Å²) in [6, 6.07) is 0.447. The summed E-state index contributed by atoms with van der Waals surface area (Å²) in [4.78, 5) is 13.4. The number of carbonyl (C=O) groups is 1. The number of carboxylic acid groups (broad SMARTS) is 1. The van der Waals surface area contributed by atoms with Crippen LogP contribution in [0.4, 0.5) is 0 Å². The highest BCUT2D eigenvalue weighted by atomic mass is 16.4. The molecule has 1 rings (SSSR count). The second-order valence-electron chi connectivity index (χ2n) is 7.11. The third-order valence-electron chi connectivity index (χ3n) is 4.39. The third kappa shape index (κ3) is 5.13. The van der Waals surface area contributed by atoms with E-state index >= 15 is 0 Å². The first-order valence-electron chi connectivity index (χ1n) is 7.77. The van der Waals surface area contributed by atoms with E-state index in [0.717, 1.165) is 18.9 Å². The summed E-state index contributed by atoms with van der Waals surface area (Å²) in [6.45, 7) is 12.3. The molecule has 3 atom stereocenters. The van der Waals surface area contributed by atoms with Crippen LogP contribution in [0.3, 0.4) is 0 Å². The third-order valence-corrected chi connectivity index (χ3v) is 4.39. The molecule has 3 nitrogen and oxygen atoms in total. The van der Waals surface area contributed by atoms with Crippen LogP contribution in [-0.4, -0.2) is 35.1 Å². The second kappa shape index (κ2) is 7.28. The lowest BCUT2D eigenvalue weighted by Gasteiger charge is -2.44. The van der Waals surface area contributed by atoms with Gasteiger partial charge in [-0.3, -0.25) is 9.69 Å². The molecule has 1 fully saturated rings. The van der Waals surface area contributed by atoms with E-state index < -0.39 is 5.97 Å². The van der Waals surface area contributed by atoms with Gasteiger partial charge in [0.05, 0.1) is 6.54 Å². The van der Waals surface area contributed by atoms with Gasteiger partial charge >= 0.3 is 5.97 Å². The molecule has 1 N–H and O–H groups in total. The zero-order valence-electron chi connectivity index (χ0n) is 13.2. The SMILES string of the molecule is CC(C)CN(CC(=O)O)C1CC(C)CCC1C(C)C. The van der Waals surface area contributed by atoms with E-state index in [1.165, 1.54) is 12.8 Å². The standard InChI is InChI=1S/C16H31NO2/c1-11(2)9-17(10-16(18)19)15-8-13(5)6-7-14(15)12(3)4/h11-15H,6-10H2,1-5H3,(H,18,19). The van der Waals surface area contributed by atoms with Crippen LogP contribution < -0.4 is 0 Å². The first-order valence-corrected chi connectivity index (χ1v) is 7.77. The highest BCUT2D eigenvalue weighted by molar-refractivity contribution is 5.69. The predicted octanol–water partition coefficient (Wildman–Crippen LogP) is 3.49. The molecule has 0 aromatic heterocycles. The van der Waals surface area contributed by atoms with E-state index in [2.05, 4.69) is 39.5 Å². The van der Waals surface area contributed by atoms with E-state index in [4.69, 9.17) is 0 Å². The molecule has 0 amide bonds. The number of carboxylic acids is 1. The number of hydrogen-bond acceptors (Lipinski definition) is 2. The molecule has 112 valence electrons. The molecule has 0 heterocycles.